The molecule has 0 aromatic heterocycles. The van der Waals surface area contributed by atoms with Crippen LogP contribution < -0.4 is 9.05 Å². The number of esters is 2. The number of carbonyl (C=O) groups excluding carboxylic acids is 2. The standard InChI is InChI=1S/C52H87O8P/c1-11-13-15-17-19-21-23-25-27-41(3)39-56-49(53)47(51(5,6)7)37-43-29-33-45(34-30-43)58-61(60-55)59-46-35-31-44(32-36-46)38-48(52(8,9)10)50(54)57-40-42(4)28-26-24-22-20-18-16-14-12-2/h29-36,41-42,47-48,55H,11-28,37-40H2,1-10H3. The summed E-state index contributed by atoms with van der Waals surface area (Å²) in [5.74, 6) is 0.685. The van der Waals surface area contributed by atoms with E-state index in [0.717, 1.165) is 24.0 Å². The number of hydrogen-bond donors (Lipinski definition) is 1. The van der Waals surface area contributed by atoms with Gasteiger partial charge in [0.1, 0.15) is 11.5 Å². The van der Waals surface area contributed by atoms with Crippen molar-refractivity contribution in [1.82, 2.24) is 0 Å². The van der Waals surface area contributed by atoms with Gasteiger partial charge >= 0.3 is 20.5 Å². The molecule has 0 saturated carbocycles. The highest BCUT2D eigenvalue weighted by atomic mass is 31.2. The average Bonchev–Trinajstić information content (AvgIpc) is 3.22. The molecule has 0 amide bonds. The smallest absolute Gasteiger partial charge is 0.465 e. The molecule has 0 heterocycles. The van der Waals surface area contributed by atoms with Crippen molar-refractivity contribution < 1.29 is 38.0 Å². The van der Waals surface area contributed by atoms with Crippen molar-refractivity contribution in [3.8, 4) is 11.5 Å². The van der Waals surface area contributed by atoms with Crippen molar-refractivity contribution >= 4 is 20.5 Å². The van der Waals surface area contributed by atoms with Gasteiger partial charge in [0.2, 0.25) is 0 Å². The molecular formula is C52H87O8P. The Morgan fingerprint density at radius 1 is 0.525 bits per heavy atom. The van der Waals surface area contributed by atoms with E-state index in [1.165, 1.54) is 103 Å². The average molecular weight is 871 g/mol. The predicted octanol–water partition coefficient (Wildman–Crippen LogP) is 15.7. The second-order valence-corrected chi connectivity index (χ2v) is 21.0. The highest BCUT2D eigenvalue weighted by molar-refractivity contribution is 7.42. The van der Waals surface area contributed by atoms with Crippen LogP contribution in [0.25, 0.3) is 0 Å². The molecule has 0 bridgehead atoms. The van der Waals surface area contributed by atoms with E-state index >= 15 is 0 Å². The minimum Gasteiger partial charge on any atom is -0.465 e. The molecule has 0 spiro atoms. The molecule has 8 nitrogen and oxygen atoms in total. The summed E-state index contributed by atoms with van der Waals surface area (Å²) in [4.78, 5) is 26.7. The zero-order valence-corrected chi connectivity index (χ0v) is 41.1. The Balaban J connectivity index is 1.85. The molecule has 0 saturated heterocycles. The van der Waals surface area contributed by atoms with E-state index < -0.39 is 8.60 Å². The van der Waals surface area contributed by atoms with Crippen LogP contribution in [-0.2, 0) is 36.6 Å². The van der Waals surface area contributed by atoms with Crippen LogP contribution in [0.3, 0.4) is 0 Å². The summed E-state index contributed by atoms with van der Waals surface area (Å²) in [5.41, 5.74) is 1.40. The number of carbonyl (C=O) groups is 2. The van der Waals surface area contributed by atoms with E-state index in [0.29, 0.717) is 49.4 Å². The molecule has 0 aliphatic heterocycles. The van der Waals surface area contributed by atoms with E-state index in [1.54, 1.807) is 24.3 Å². The van der Waals surface area contributed by atoms with Gasteiger partial charge in [0.25, 0.3) is 0 Å². The van der Waals surface area contributed by atoms with Gasteiger partial charge in [0.15, 0.2) is 0 Å². The molecule has 0 aliphatic carbocycles. The maximum atomic E-state index is 13.4. The van der Waals surface area contributed by atoms with Gasteiger partial charge in [-0.15, -0.1) is 4.67 Å². The molecule has 0 aliphatic rings. The Bertz CT molecular complexity index is 1320. The van der Waals surface area contributed by atoms with E-state index in [1.807, 2.05) is 24.3 Å². The van der Waals surface area contributed by atoms with Crippen molar-refractivity contribution in [2.24, 2.45) is 34.5 Å². The van der Waals surface area contributed by atoms with E-state index in [4.69, 9.17) is 18.5 Å². The number of unbranched alkanes of at least 4 members (excludes halogenated alkanes) is 14. The number of hydrogen-bond acceptors (Lipinski definition) is 8. The van der Waals surface area contributed by atoms with Crippen LogP contribution in [0, 0.1) is 34.5 Å². The molecular weight excluding hydrogens is 784 g/mol. The van der Waals surface area contributed by atoms with Crippen molar-refractivity contribution in [2.75, 3.05) is 13.2 Å². The van der Waals surface area contributed by atoms with Gasteiger partial charge in [-0.05, 0) is 83.7 Å². The van der Waals surface area contributed by atoms with Gasteiger partial charge in [-0.1, -0.05) is 196 Å². The molecule has 9 heteroatoms. The fourth-order valence-electron chi connectivity index (χ4n) is 7.62. The lowest BCUT2D eigenvalue weighted by molar-refractivity contribution is -0.154. The maximum absolute atomic E-state index is 13.4. The molecule has 1 N–H and O–H groups in total. The van der Waals surface area contributed by atoms with E-state index in [-0.39, 0.29) is 34.6 Å². The number of rotatable bonds is 33. The zero-order chi connectivity index (χ0) is 45.1. The zero-order valence-electron chi connectivity index (χ0n) is 40.2. The van der Waals surface area contributed by atoms with Gasteiger partial charge < -0.3 is 18.5 Å². The lowest BCUT2D eigenvalue weighted by atomic mass is 9.77. The summed E-state index contributed by atoms with van der Waals surface area (Å²) in [6.45, 7) is 22.2. The summed E-state index contributed by atoms with van der Waals surface area (Å²) >= 11 is 0. The van der Waals surface area contributed by atoms with Gasteiger partial charge in [-0.2, -0.15) is 0 Å². The van der Waals surface area contributed by atoms with Crippen LogP contribution in [0.2, 0.25) is 0 Å². The highest BCUT2D eigenvalue weighted by Crippen LogP contribution is 2.41. The molecule has 2 aromatic carbocycles. The molecule has 4 unspecified atom stereocenters. The molecule has 0 fully saturated rings. The molecule has 0 radical (unpaired) electrons. The lowest BCUT2D eigenvalue weighted by Crippen LogP contribution is -2.33. The first-order valence-electron chi connectivity index (χ1n) is 24.1. The molecule has 4 atom stereocenters. The minimum absolute atomic E-state index is 0.157. The Labute approximate surface area is 373 Å². The molecule has 2 rings (SSSR count). The number of ether oxygens (including phenoxy) is 2. The quantitative estimate of drug-likeness (QED) is 0.0249. The fraction of sp³-hybridized carbons (Fsp3) is 0.731. The van der Waals surface area contributed by atoms with Crippen LogP contribution in [0.5, 0.6) is 11.5 Å². The minimum atomic E-state index is -2.16. The number of benzene rings is 2. The van der Waals surface area contributed by atoms with E-state index in [2.05, 4.69) is 73.9 Å². The SMILES string of the molecule is CCCCCCCCCCC(C)COC(=O)C(Cc1ccc(OP(OO)Oc2ccc(CC(C(=O)OCC(C)CCCCCCCCCC)C(C)(C)C)cc2)cc1)C(C)(C)C. The second kappa shape index (κ2) is 30.4. The van der Waals surface area contributed by atoms with Crippen LogP contribution in [-0.4, -0.2) is 30.4 Å². The molecule has 348 valence electrons. The predicted molar refractivity (Wildman–Crippen MR) is 253 cm³/mol. The van der Waals surface area contributed by atoms with Crippen LogP contribution in [0.4, 0.5) is 0 Å². The third-order valence-corrected chi connectivity index (χ3v) is 12.8. The summed E-state index contributed by atoms with van der Waals surface area (Å²) in [6.07, 6.45) is 23.9. The van der Waals surface area contributed by atoms with Crippen molar-refractivity contribution in [3.05, 3.63) is 59.7 Å². The monoisotopic (exact) mass is 871 g/mol. The van der Waals surface area contributed by atoms with Crippen molar-refractivity contribution in [1.29, 1.82) is 0 Å². The van der Waals surface area contributed by atoms with Gasteiger partial charge in [-0.25, -0.2) is 5.26 Å². The largest absolute Gasteiger partial charge is 0.492 e. The van der Waals surface area contributed by atoms with Crippen LogP contribution in [0.1, 0.15) is 196 Å². The van der Waals surface area contributed by atoms with Gasteiger partial charge in [0, 0.05) is 0 Å². The summed E-state index contributed by atoms with van der Waals surface area (Å²) in [7, 11) is -2.16. The first kappa shape index (κ1) is 54.5. The maximum Gasteiger partial charge on any atom is 0.492 e. The Hall–Kier alpha value is -2.67. The van der Waals surface area contributed by atoms with E-state index in [9.17, 15) is 14.8 Å². The lowest BCUT2D eigenvalue weighted by Gasteiger charge is -2.29. The fourth-order valence-corrected chi connectivity index (χ4v) is 8.32. The van der Waals surface area contributed by atoms with Crippen LogP contribution in [0.15, 0.2) is 48.5 Å². The molecule has 2 aromatic rings. The Kier molecular flexibility index (Phi) is 27.2. The third-order valence-electron chi connectivity index (χ3n) is 11.9. The Morgan fingerprint density at radius 2 is 0.836 bits per heavy atom. The summed E-state index contributed by atoms with van der Waals surface area (Å²) < 4.78 is 28.1. The van der Waals surface area contributed by atoms with Crippen molar-refractivity contribution in [2.45, 2.75) is 198 Å². The summed E-state index contributed by atoms with van der Waals surface area (Å²) in [6, 6.07) is 14.8. The third kappa shape index (κ3) is 24.1. The van der Waals surface area contributed by atoms with Gasteiger partial charge in [-0.3, -0.25) is 9.59 Å². The van der Waals surface area contributed by atoms with Crippen LogP contribution >= 0.6 is 8.60 Å². The van der Waals surface area contributed by atoms with Crippen molar-refractivity contribution in [3.63, 3.8) is 0 Å². The first-order valence-corrected chi connectivity index (χ1v) is 25.2. The topological polar surface area (TPSA) is 101 Å². The normalized spacial score (nSPS) is 14.5. The summed E-state index contributed by atoms with van der Waals surface area (Å²) in [5, 5.41) is 9.67. The highest BCUT2D eigenvalue weighted by Gasteiger charge is 2.34. The van der Waals surface area contributed by atoms with Gasteiger partial charge in [0.05, 0.1) is 25.0 Å². The Morgan fingerprint density at radius 3 is 1.13 bits per heavy atom. The molecule has 61 heavy (non-hydrogen) atoms. The second-order valence-electron chi connectivity index (χ2n) is 20.0. The first-order chi connectivity index (χ1) is 29.1.